The summed E-state index contributed by atoms with van der Waals surface area (Å²) in [6.45, 7) is 6.28. The molecular formula is C23H29N5O3. The van der Waals surface area contributed by atoms with E-state index in [-0.39, 0.29) is 6.03 Å². The second-order valence-corrected chi connectivity index (χ2v) is 7.14. The fourth-order valence-corrected chi connectivity index (χ4v) is 3.22. The van der Waals surface area contributed by atoms with Crippen LogP contribution in [0.3, 0.4) is 0 Å². The molecule has 2 aromatic heterocycles. The quantitative estimate of drug-likeness (QED) is 0.489. The zero-order chi connectivity index (χ0) is 22.1. The first-order chi connectivity index (χ1) is 15.1. The molecular weight excluding hydrogens is 394 g/mol. The van der Waals surface area contributed by atoms with Crippen molar-refractivity contribution < 1.29 is 14.3 Å². The number of ether oxygens (including phenoxy) is 2. The summed E-state index contributed by atoms with van der Waals surface area (Å²) in [4.78, 5) is 16.6. The fourth-order valence-electron chi connectivity index (χ4n) is 3.22. The summed E-state index contributed by atoms with van der Waals surface area (Å²) in [6, 6.07) is 13.6. The second-order valence-electron chi connectivity index (χ2n) is 7.14. The van der Waals surface area contributed by atoms with E-state index in [0.717, 1.165) is 22.5 Å². The van der Waals surface area contributed by atoms with Crippen LogP contribution < -0.4 is 15.4 Å². The van der Waals surface area contributed by atoms with E-state index in [9.17, 15) is 4.79 Å². The predicted octanol–water partition coefficient (Wildman–Crippen LogP) is 2.97. The average Bonchev–Trinajstić information content (AvgIpc) is 3.04. The van der Waals surface area contributed by atoms with Crippen molar-refractivity contribution in [2.24, 2.45) is 0 Å². The molecule has 0 saturated heterocycles. The first-order valence-corrected chi connectivity index (χ1v) is 10.2. The summed E-state index contributed by atoms with van der Waals surface area (Å²) in [5.41, 5.74) is 4.97. The van der Waals surface area contributed by atoms with Gasteiger partial charge in [-0.1, -0.05) is 36.4 Å². The van der Waals surface area contributed by atoms with Crippen LogP contribution in [-0.2, 0) is 24.4 Å². The summed E-state index contributed by atoms with van der Waals surface area (Å²) in [7, 11) is 1.61. The first-order valence-electron chi connectivity index (χ1n) is 10.2. The molecule has 0 fully saturated rings. The number of amides is 2. The Morgan fingerprint density at radius 3 is 2.58 bits per heavy atom. The number of nitrogens with one attached hydrogen (secondary N) is 2. The van der Waals surface area contributed by atoms with Crippen LogP contribution in [0, 0.1) is 13.8 Å². The number of hydrogen-bond donors (Lipinski definition) is 2. The smallest absolute Gasteiger partial charge is 0.315 e. The molecule has 2 N–H and O–H groups in total. The monoisotopic (exact) mass is 423 g/mol. The Kier molecular flexibility index (Phi) is 8.00. The highest BCUT2D eigenvalue weighted by molar-refractivity contribution is 5.74. The van der Waals surface area contributed by atoms with Gasteiger partial charge in [0.15, 0.2) is 0 Å². The van der Waals surface area contributed by atoms with Crippen molar-refractivity contribution in [3.05, 3.63) is 76.7 Å². The molecule has 0 radical (unpaired) electrons. The van der Waals surface area contributed by atoms with Crippen molar-refractivity contribution >= 4 is 6.03 Å². The lowest BCUT2D eigenvalue weighted by Gasteiger charge is -2.12. The molecule has 31 heavy (non-hydrogen) atoms. The van der Waals surface area contributed by atoms with Crippen molar-refractivity contribution in [2.45, 2.75) is 33.5 Å². The van der Waals surface area contributed by atoms with Crippen LogP contribution in [0.4, 0.5) is 4.79 Å². The van der Waals surface area contributed by atoms with Gasteiger partial charge < -0.3 is 20.1 Å². The molecule has 2 heterocycles. The molecule has 3 rings (SSSR count). The number of benzene rings is 1. The minimum absolute atomic E-state index is 0.263. The van der Waals surface area contributed by atoms with Gasteiger partial charge in [0, 0.05) is 43.2 Å². The summed E-state index contributed by atoms with van der Waals surface area (Å²) in [6.07, 6.45) is 1.66. The van der Waals surface area contributed by atoms with Crippen LogP contribution in [0.25, 0.3) is 0 Å². The maximum Gasteiger partial charge on any atom is 0.315 e. The zero-order valence-corrected chi connectivity index (χ0v) is 18.2. The number of nitrogens with zero attached hydrogens (tertiary/aromatic N) is 3. The molecule has 0 saturated carbocycles. The van der Waals surface area contributed by atoms with E-state index >= 15 is 0 Å². The van der Waals surface area contributed by atoms with E-state index in [1.165, 1.54) is 5.56 Å². The molecule has 0 unspecified atom stereocenters. The normalized spacial score (nSPS) is 10.7. The predicted molar refractivity (Wildman–Crippen MR) is 118 cm³/mol. The number of hydrogen-bond acceptors (Lipinski definition) is 5. The van der Waals surface area contributed by atoms with Gasteiger partial charge in [-0.25, -0.2) is 9.78 Å². The molecule has 0 atom stereocenters. The summed E-state index contributed by atoms with van der Waals surface area (Å²) in [5, 5.41) is 10.4. The SMILES string of the molecule is COCCOc1ncccc1CNC(=O)NCc1c(C)nn(Cc2ccccc2)c1C. The third-order valence-corrected chi connectivity index (χ3v) is 4.95. The number of aromatic nitrogens is 3. The third-order valence-electron chi connectivity index (χ3n) is 4.95. The van der Waals surface area contributed by atoms with E-state index in [0.29, 0.717) is 38.7 Å². The van der Waals surface area contributed by atoms with Gasteiger partial charge in [0.25, 0.3) is 0 Å². The molecule has 1 aromatic carbocycles. The molecule has 8 nitrogen and oxygen atoms in total. The Balaban J connectivity index is 1.53. The van der Waals surface area contributed by atoms with E-state index in [2.05, 4.69) is 32.8 Å². The topological polar surface area (TPSA) is 90.3 Å². The number of rotatable bonds is 10. The van der Waals surface area contributed by atoms with Gasteiger partial charge in [0.05, 0.1) is 18.8 Å². The van der Waals surface area contributed by atoms with Crippen molar-refractivity contribution in [1.29, 1.82) is 0 Å². The third kappa shape index (κ3) is 6.29. The van der Waals surface area contributed by atoms with Crippen molar-refractivity contribution in [2.75, 3.05) is 20.3 Å². The van der Waals surface area contributed by atoms with Gasteiger partial charge in [-0.2, -0.15) is 5.10 Å². The van der Waals surface area contributed by atoms with Gasteiger partial charge in [0.1, 0.15) is 6.61 Å². The van der Waals surface area contributed by atoms with Crippen LogP contribution >= 0.6 is 0 Å². The summed E-state index contributed by atoms with van der Waals surface area (Å²) >= 11 is 0. The Bertz CT molecular complexity index is 988. The number of methoxy groups -OCH3 is 1. The van der Waals surface area contributed by atoms with Crippen molar-refractivity contribution in [1.82, 2.24) is 25.4 Å². The maximum atomic E-state index is 12.4. The largest absolute Gasteiger partial charge is 0.475 e. The van der Waals surface area contributed by atoms with E-state index in [1.807, 2.05) is 48.9 Å². The molecule has 8 heteroatoms. The lowest BCUT2D eigenvalue weighted by Crippen LogP contribution is -2.35. The zero-order valence-electron chi connectivity index (χ0n) is 18.2. The van der Waals surface area contributed by atoms with Crippen molar-refractivity contribution in [3.63, 3.8) is 0 Å². The van der Waals surface area contributed by atoms with Crippen molar-refractivity contribution in [3.8, 4) is 5.88 Å². The van der Waals surface area contributed by atoms with Crippen LogP contribution in [-0.4, -0.2) is 41.1 Å². The van der Waals surface area contributed by atoms with Crippen LogP contribution in [0.15, 0.2) is 48.7 Å². The van der Waals surface area contributed by atoms with E-state index < -0.39 is 0 Å². The highest BCUT2D eigenvalue weighted by Crippen LogP contribution is 2.15. The lowest BCUT2D eigenvalue weighted by molar-refractivity contribution is 0.143. The minimum Gasteiger partial charge on any atom is -0.475 e. The Morgan fingerprint density at radius 1 is 1.03 bits per heavy atom. The summed E-state index contributed by atoms with van der Waals surface area (Å²) < 4.78 is 12.6. The molecule has 0 aliphatic carbocycles. The number of aryl methyl sites for hydroxylation is 1. The van der Waals surface area contributed by atoms with Crippen LogP contribution in [0.2, 0.25) is 0 Å². The highest BCUT2D eigenvalue weighted by Gasteiger charge is 2.13. The fraction of sp³-hybridized carbons (Fsp3) is 0.348. The second kappa shape index (κ2) is 11.1. The average molecular weight is 424 g/mol. The molecule has 0 spiro atoms. The van der Waals surface area contributed by atoms with Gasteiger partial charge >= 0.3 is 6.03 Å². The number of carbonyl (C=O) groups excluding carboxylic acids is 1. The molecule has 2 amide bonds. The minimum atomic E-state index is -0.263. The summed E-state index contributed by atoms with van der Waals surface area (Å²) in [5.74, 6) is 0.494. The Labute approximate surface area is 182 Å². The number of carbonyl (C=O) groups is 1. The molecule has 3 aromatic rings. The Hall–Kier alpha value is -3.39. The first kappa shape index (κ1) is 22.3. The highest BCUT2D eigenvalue weighted by atomic mass is 16.5. The standard InChI is InChI=1S/C23H29N5O3/c1-17-21(18(2)28(27-17)16-19-8-5-4-6-9-19)15-26-23(29)25-14-20-10-7-11-24-22(20)31-13-12-30-3/h4-11H,12-16H2,1-3H3,(H2,25,26,29). The number of urea groups is 1. The molecule has 164 valence electrons. The van der Waals surface area contributed by atoms with E-state index in [1.54, 1.807) is 13.3 Å². The van der Waals surface area contributed by atoms with Crippen LogP contribution in [0.1, 0.15) is 28.1 Å². The van der Waals surface area contributed by atoms with Crippen LogP contribution in [0.5, 0.6) is 5.88 Å². The molecule has 0 bridgehead atoms. The van der Waals surface area contributed by atoms with E-state index in [4.69, 9.17) is 9.47 Å². The molecule has 0 aliphatic rings. The Morgan fingerprint density at radius 2 is 1.81 bits per heavy atom. The van der Waals surface area contributed by atoms with Gasteiger partial charge in [-0.05, 0) is 25.5 Å². The van der Waals surface area contributed by atoms with Gasteiger partial charge in [-0.15, -0.1) is 0 Å². The number of pyridine rings is 1. The molecule has 0 aliphatic heterocycles. The maximum absolute atomic E-state index is 12.4. The van der Waals surface area contributed by atoms with Gasteiger partial charge in [-0.3, -0.25) is 4.68 Å². The van der Waals surface area contributed by atoms with Gasteiger partial charge in [0.2, 0.25) is 5.88 Å². The lowest BCUT2D eigenvalue weighted by atomic mass is 10.2.